The SMILES string of the molecule is C[S+]([O-])c1c2ccccc2c(CNC(C)(CO)CO)c2ccccc12. The number of hydrogen-bond donors (Lipinski definition) is 3. The quantitative estimate of drug-likeness (QED) is 0.468. The second-order valence-electron chi connectivity index (χ2n) is 6.58. The fourth-order valence-electron chi connectivity index (χ4n) is 3.14. The van der Waals surface area contributed by atoms with Gasteiger partial charge in [-0.05, 0) is 46.6 Å². The summed E-state index contributed by atoms with van der Waals surface area (Å²) in [6.07, 6.45) is 1.71. The van der Waals surface area contributed by atoms with Crippen molar-refractivity contribution in [3.63, 3.8) is 0 Å². The lowest BCUT2D eigenvalue weighted by atomic mass is 9.95. The molecule has 3 rings (SSSR count). The van der Waals surface area contributed by atoms with Gasteiger partial charge in [-0.2, -0.15) is 0 Å². The highest BCUT2D eigenvalue weighted by molar-refractivity contribution is 7.91. The Morgan fingerprint density at radius 2 is 1.36 bits per heavy atom. The molecule has 5 heteroatoms. The normalized spacial score (nSPS) is 13.5. The molecule has 0 amide bonds. The van der Waals surface area contributed by atoms with Gasteiger partial charge >= 0.3 is 0 Å². The maximum absolute atomic E-state index is 12.4. The fourth-order valence-corrected chi connectivity index (χ4v) is 4.12. The first kappa shape index (κ1) is 18.2. The van der Waals surface area contributed by atoms with Crippen molar-refractivity contribution >= 4 is 32.7 Å². The van der Waals surface area contributed by atoms with E-state index in [-0.39, 0.29) is 13.2 Å². The van der Waals surface area contributed by atoms with Gasteiger partial charge in [0.2, 0.25) is 0 Å². The van der Waals surface area contributed by atoms with Crippen LogP contribution in [-0.4, -0.2) is 39.8 Å². The number of hydrogen-bond acceptors (Lipinski definition) is 4. The summed E-state index contributed by atoms with van der Waals surface area (Å²) in [6.45, 7) is 1.97. The average molecular weight is 357 g/mol. The minimum absolute atomic E-state index is 0.156. The Kier molecular flexibility index (Phi) is 5.32. The number of benzene rings is 3. The van der Waals surface area contributed by atoms with E-state index in [1.807, 2.05) is 48.5 Å². The zero-order chi connectivity index (χ0) is 18.0. The molecule has 1 unspecified atom stereocenters. The Balaban J connectivity index is 2.25. The standard InChI is InChI=1S/C20H23NO3S/c1-20(12-22,13-23)21-11-18-14-7-3-5-9-16(14)19(25(2)24)17-10-6-4-8-15(17)18/h3-10,21-23H,11-13H2,1-2H3. The summed E-state index contributed by atoms with van der Waals surface area (Å²) in [5, 5.41) is 26.4. The van der Waals surface area contributed by atoms with Gasteiger partial charge < -0.3 is 20.1 Å². The maximum Gasteiger partial charge on any atom is 0.168 e. The number of aliphatic hydroxyl groups excluding tert-OH is 2. The van der Waals surface area contributed by atoms with E-state index in [4.69, 9.17) is 0 Å². The number of nitrogens with one attached hydrogen (secondary N) is 1. The molecule has 0 saturated heterocycles. The number of aliphatic hydroxyl groups is 2. The van der Waals surface area contributed by atoms with Crippen molar-refractivity contribution in [2.24, 2.45) is 0 Å². The molecule has 0 aliphatic heterocycles. The van der Waals surface area contributed by atoms with Gasteiger partial charge in [0.05, 0.1) is 18.8 Å². The smallest absolute Gasteiger partial charge is 0.168 e. The van der Waals surface area contributed by atoms with Gasteiger partial charge in [-0.1, -0.05) is 36.4 Å². The molecular weight excluding hydrogens is 334 g/mol. The highest BCUT2D eigenvalue weighted by atomic mass is 32.2. The summed E-state index contributed by atoms with van der Waals surface area (Å²) in [6, 6.07) is 15.9. The molecule has 1 atom stereocenters. The molecule has 0 aliphatic carbocycles. The lowest BCUT2D eigenvalue weighted by Gasteiger charge is -2.27. The molecule has 4 nitrogen and oxygen atoms in total. The van der Waals surface area contributed by atoms with Crippen LogP contribution in [-0.2, 0) is 17.7 Å². The summed E-state index contributed by atoms with van der Waals surface area (Å²) in [4.78, 5) is 0.849. The number of rotatable bonds is 6. The van der Waals surface area contributed by atoms with E-state index in [0.717, 1.165) is 32.0 Å². The Morgan fingerprint density at radius 1 is 0.920 bits per heavy atom. The molecule has 0 saturated carbocycles. The Morgan fingerprint density at radius 3 is 1.76 bits per heavy atom. The van der Waals surface area contributed by atoms with E-state index in [1.54, 1.807) is 13.2 Å². The summed E-state index contributed by atoms with van der Waals surface area (Å²) in [7, 11) is 0. The first-order valence-corrected chi connectivity index (χ1v) is 9.79. The second kappa shape index (κ2) is 7.32. The van der Waals surface area contributed by atoms with Crippen molar-refractivity contribution in [1.29, 1.82) is 0 Å². The Labute approximate surface area is 150 Å². The summed E-state index contributed by atoms with van der Waals surface area (Å²) in [5.74, 6) is 0. The first-order valence-electron chi connectivity index (χ1n) is 8.23. The van der Waals surface area contributed by atoms with Crippen molar-refractivity contribution in [1.82, 2.24) is 5.32 Å². The molecule has 0 spiro atoms. The third-order valence-electron chi connectivity index (χ3n) is 4.67. The van der Waals surface area contributed by atoms with Crippen molar-refractivity contribution in [3.8, 4) is 0 Å². The van der Waals surface area contributed by atoms with E-state index in [0.29, 0.717) is 6.54 Å². The molecule has 0 fully saturated rings. The van der Waals surface area contributed by atoms with Crippen molar-refractivity contribution in [2.75, 3.05) is 19.5 Å². The molecule has 0 aromatic heterocycles. The highest BCUT2D eigenvalue weighted by Gasteiger charge is 2.24. The third kappa shape index (κ3) is 3.38. The average Bonchev–Trinajstić information content (AvgIpc) is 2.64. The van der Waals surface area contributed by atoms with Crippen LogP contribution in [0.4, 0.5) is 0 Å². The van der Waals surface area contributed by atoms with Crippen LogP contribution in [0.2, 0.25) is 0 Å². The third-order valence-corrected chi connectivity index (χ3v) is 5.69. The predicted octanol–water partition coefficient (Wildman–Crippen LogP) is 2.56. The van der Waals surface area contributed by atoms with Crippen LogP contribution in [0.1, 0.15) is 12.5 Å². The zero-order valence-electron chi connectivity index (χ0n) is 14.5. The van der Waals surface area contributed by atoms with Crippen LogP contribution < -0.4 is 5.32 Å². The first-order chi connectivity index (χ1) is 12.0. The lowest BCUT2D eigenvalue weighted by Crippen LogP contribution is -2.48. The van der Waals surface area contributed by atoms with Crippen LogP contribution in [0.3, 0.4) is 0 Å². The van der Waals surface area contributed by atoms with E-state index in [9.17, 15) is 14.8 Å². The van der Waals surface area contributed by atoms with Crippen LogP contribution in [0.25, 0.3) is 21.5 Å². The molecule has 25 heavy (non-hydrogen) atoms. The highest BCUT2D eigenvalue weighted by Crippen LogP contribution is 2.35. The van der Waals surface area contributed by atoms with Crippen molar-refractivity contribution < 1.29 is 14.8 Å². The van der Waals surface area contributed by atoms with Crippen LogP contribution in [0, 0.1) is 0 Å². The molecule has 0 radical (unpaired) electrons. The molecule has 0 bridgehead atoms. The maximum atomic E-state index is 12.4. The Hall–Kier alpha value is -1.63. The van der Waals surface area contributed by atoms with Gasteiger partial charge in [-0.25, -0.2) is 0 Å². The largest absolute Gasteiger partial charge is 0.612 e. The van der Waals surface area contributed by atoms with E-state index < -0.39 is 16.7 Å². The van der Waals surface area contributed by atoms with Gasteiger partial charge in [-0.15, -0.1) is 0 Å². The summed E-state index contributed by atoms with van der Waals surface area (Å²) >= 11 is -1.11. The molecule has 0 heterocycles. The van der Waals surface area contributed by atoms with Gasteiger partial charge in [0, 0.05) is 17.3 Å². The molecule has 132 valence electrons. The monoisotopic (exact) mass is 357 g/mol. The summed E-state index contributed by atoms with van der Waals surface area (Å²) < 4.78 is 12.4. The van der Waals surface area contributed by atoms with Gasteiger partial charge in [0.25, 0.3) is 0 Å². The van der Waals surface area contributed by atoms with Gasteiger partial charge in [-0.3, -0.25) is 0 Å². The Bertz CT molecular complexity index is 834. The van der Waals surface area contributed by atoms with E-state index in [1.165, 1.54) is 0 Å². The molecule has 0 aliphatic rings. The minimum Gasteiger partial charge on any atom is -0.612 e. The minimum atomic E-state index is -1.11. The van der Waals surface area contributed by atoms with Crippen LogP contribution >= 0.6 is 0 Å². The topological polar surface area (TPSA) is 75.5 Å². The van der Waals surface area contributed by atoms with Gasteiger partial charge in [0.15, 0.2) is 4.90 Å². The molecule has 3 aromatic carbocycles. The van der Waals surface area contributed by atoms with Gasteiger partial charge in [0.1, 0.15) is 6.26 Å². The second-order valence-corrected chi connectivity index (χ2v) is 7.90. The predicted molar refractivity (Wildman–Crippen MR) is 103 cm³/mol. The van der Waals surface area contributed by atoms with Crippen LogP contribution in [0.15, 0.2) is 53.4 Å². The number of fused-ring (bicyclic) bond motifs is 2. The van der Waals surface area contributed by atoms with E-state index >= 15 is 0 Å². The molecule has 3 aromatic rings. The molecular formula is C20H23NO3S. The van der Waals surface area contributed by atoms with E-state index in [2.05, 4.69) is 5.32 Å². The van der Waals surface area contributed by atoms with Crippen molar-refractivity contribution in [2.45, 2.75) is 23.9 Å². The molecule has 3 N–H and O–H groups in total. The summed E-state index contributed by atoms with van der Waals surface area (Å²) in [5.41, 5.74) is 0.322. The lowest BCUT2D eigenvalue weighted by molar-refractivity contribution is 0.103. The zero-order valence-corrected chi connectivity index (χ0v) is 15.3. The van der Waals surface area contributed by atoms with Crippen LogP contribution in [0.5, 0.6) is 0 Å². The van der Waals surface area contributed by atoms with Crippen molar-refractivity contribution in [3.05, 3.63) is 54.1 Å². The fraction of sp³-hybridized carbons (Fsp3) is 0.300.